The quantitative estimate of drug-likeness (QED) is 0.481. The number of carbonyl (C=O) groups excluding carboxylic acids is 1. The van der Waals surface area contributed by atoms with E-state index in [9.17, 15) is 4.79 Å². The van der Waals surface area contributed by atoms with Gasteiger partial charge in [-0.15, -0.1) is 0 Å². The molecule has 4 bridgehead atoms. The number of hydrogen-bond donors (Lipinski definition) is 2. The average molecular weight is 468 g/mol. The number of halogens is 2. The topological polar surface area (TPSA) is 71.8 Å². The normalized spacial score (nSPS) is 25.3. The first-order valence-corrected chi connectivity index (χ1v) is 11.9. The Bertz CT molecular complexity index is 1180. The monoisotopic (exact) mass is 467 g/mol. The number of carbonyl (C=O) groups is 1. The fourth-order valence-electron chi connectivity index (χ4n) is 6.15. The second kappa shape index (κ2) is 7.78. The highest BCUT2D eigenvalue weighted by atomic mass is 35.5. The molecule has 2 atom stereocenters. The van der Waals surface area contributed by atoms with Crippen LogP contribution in [0.3, 0.4) is 0 Å². The molecule has 0 radical (unpaired) electrons. The van der Waals surface area contributed by atoms with Crippen LogP contribution in [0.4, 0.5) is 5.82 Å². The average Bonchev–Trinajstić information content (AvgIpc) is 3.10. The SMILES string of the molecule is O=C(NNc1ncccc1Cl)c1nn(-c2ccc(Cl)cc2)c2c1C1CC3CC(C1)CC2C3. The summed E-state index contributed by atoms with van der Waals surface area (Å²) in [6.45, 7) is 0. The largest absolute Gasteiger partial charge is 0.290 e. The fraction of sp³-hybridized carbons (Fsp3) is 0.375. The first-order valence-electron chi connectivity index (χ1n) is 11.1. The molecule has 1 aromatic carbocycles. The first-order chi connectivity index (χ1) is 15.6. The van der Waals surface area contributed by atoms with Crippen molar-refractivity contribution in [3.63, 3.8) is 0 Å². The van der Waals surface area contributed by atoms with Crippen LogP contribution in [0.5, 0.6) is 0 Å². The Labute approximate surface area is 196 Å². The third kappa shape index (κ3) is 3.37. The molecule has 2 unspecified atom stereocenters. The predicted molar refractivity (Wildman–Crippen MR) is 124 cm³/mol. The van der Waals surface area contributed by atoms with Crippen molar-refractivity contribution in [3.05, 3.63) is 69.6 Å². The van der Waals surface area contributed by atoms with Crippen LogP contribution in [-0.4, -0.2) is 20.7 Å². The molecule has 2 fully saturated rings. The van der Waals surface area contributed by atoms with E-state index in [1.54, 1.807) is 18.3 Å². The minimum Gasteiger partial charge on any atom is -0.280 e. The summed E-state index contributed by atoms with van der Waals surface area (Å²) in [5.74, 6) is 2.43. The Balaban J connectivity index is 1.42. The number of hydrogen-bond acceptors (Lipinski definition) is 4. The molecule has 1 amide bonds. The van der Waals surface area contributed by atoms with Gasteiger partial charge in [-0.05, 0) is 86.3 Å². The number of hydrazine groups is 1. The molecule has 32 heavy (non-hydrogen) atoms. The summed E-state index contributed by atoms with van der Waals surface area (Å²) in [5, 5.41) is 5.98. The van der Waals surface area contributed by atoms with E-state index >= 15 is 0 Å². The van der Waals surface area contributed by atoms with Crippen LogP contribution < -0.4 is 10.9 Å². The lowest BCUT2D eigenvalue weighted by Crippen LogP contribution is -2.32. The van der Waals surface area contributed by atoms with Crippen molar-refractivity contribution in [2.75, 3.05) is 5.43 Å². The Morgan fingerprint density at radius 3 is 2.41 bits per heavy atom. The second-order valence-electron chi connectivity index (χ2n) is 9.25. The van der Waals surface area contributed by atoms with Crippen LogP contribution in [0.25, 0.3) is 5.69 Å². The van der Waals surface area contributed by atoms with E-state index in [0.29, 0.717) is 33.4 Å². The van der Waals surface area contributed by atoms with Crippen LogP contribution >= 0.6 is 23.2 Å². The van der Waals surface area contributed by atoms with E-state index in [4.69, 9.17) is 28.3 Å². The third-order valence-electron chi connectivity index (χ3n) is 7.23. The van der Waals surface area contributed by atoms with Crippen molar-refractivity contribution in [1.29, 1.82) is 0 Å². The molecule has 0 aliphatic heterocycles. The standard InChI is InChI=1S/C24H23Cl2N5O/c25-17-3-5-18(6-4-17)31-22-16-11-13-8-14(12-16)10-15(9-13)20(22)21(30-31)24(32)29-28-23-19(26)2-1-7-27-23/h1-7,13-16H,8-12H2,(H,27,28)(H,29,32). The molecule has 2 N–H and O–H groups in total. The molecule has 164 valence electrons. The van der Waals surface area contributed by atoms with Crippen molar-refractivity contribution >= 4 is 34.9 Å². The van der Waals surface area contributed by atoms with E-state index in [2.05, 4.69) is 15.8 Å². The maximum Gasteiger partial charge on any atom is 0.290 e. The number of benzene rings is 1. The Hall–Kier alpha value is -2.57. The number of nitrogens with one attached hydrogen (secondary N) is 2. The summed E-state index contributed by atoms with van der Waals surface area (Å²) >= 11 is 12.3. The van der Waals surface area contributed by atoms with Crippen LogP contribution in [-0.2, 0) is 0 Å². The summed E-state index contributed by atoms with van der Waals surface area (Å²) in [7, 11) is 0. The lowest BCUT2D eigenvalue weighted by atomic mass is 9.67. The molecule has 3 aromatic rings. The van der Waals surface area contributed by atoms with Gasteiger partial charge >= 0.3 is 0 Å². The smallest absolute Gasteiger partial charge is 0.280 e. The van der Waals surface area contributed by atoms with Gasteiger partial charge < -0.3 is 0 Å². The number of anilines is 1. The van der Waals surface area contributed by atoms with Gasteiger partial charge in [0.2, 0.25) is 0 Å². The van der Waals surface area contributed by atoms with Gasteiger partial charge in [-0.3, -0.25) is 15.6 Å². The molecule has 8 heteroatoms. The maximum absolute atomic E-state index is 13.4. The minimum absolute atomic E-state index is 0.267. The van der Waals surface area contributed by atoms with Crippen molar-refractivity contribution in [2.45, 2.75) is 43.9 Å². The third-order valence-corrected chi connectivity index (χ3v) is 7.79. The van der Waals surface area contributed by atoms with Crippen molar-refractivity contribution < 1.29 is 4.79 Å². The van der Waals surface area contributed by atoms with Crippen molar-refractivity contribution in [2.24, 2.45) is 11.8 Å². The van der Waals surface area contributed by atoms with E-state index in [0.717, 1.165) is 35.9 Å². The number of amides is 1. The van der Waals surface area contributed by atoms with Gasteiger partial charge in [-0.25, -0.2) is 9.67 Å². The summed E-state index contributed by atoms with van der Waals surface area (Å²) < 4.78 is 1.99. The highest BCUT2D eigenvalue weighted by Gasteiger charge is 2.46. The Kier molecular flexibility index (Phi) is 4.88. The maximum atomic E-state index is 13.4. The number of rotatable bonds is 4. The summed E-state index contributed by atoms with van der Waals surface area (Å²) in [4.78, 5) is 17.5. The Morgan fingerprint density at radius 2 is 1.69 bits per heavy atom. The first kappa shape index (κ1) is 20.1. The fourth-order valence-corrected chi connectivity index (χ4v) is 6.44. The van der Waals surface area contributed by atoms with Gasteiger partial charge in [0, 0.05) is 22.7 Å². The molecule has 4 aliphatic rings. The molecule has 6 nitrogen and oxygen atoms in total. The van der Waals surface area contributed by atoms with Gasteiger partial charge in [-0.1, -0.05) is 23.2 Å². The molecular formula is C24H23Cl2N5O. The Morgan fingerprint density at radius 1 is 0.969 bits per heavy atom. The zero-order valence-electron chi connectivity index (χ0n) is 17.4. The summed E-state index contributed by atoms with van der Waals surface area (Å²) in [6.07, 6.45) is 7.60. The van der Waals surface area contributed by atoms with E-state index in [1.807, 2.05) is 28.9 Å². The van der Waals surface area contributed by atoms with Crippen LogP contribution in [0.1, 0.15) is 65.7 Å². The van der Waals surface area contributed by atoms with Gasteiger partial charge in [-0.2, -0.15) is 5.10 Å². The van der Waals surface area contributed by atoms with E-state index < -0.39 is 0 Å². The minimum atomic E-state index is -0.267. The lowest BCUT2D eigenvalue weighted by Gasteiger charge is -2.38. The summed E-state index contributed by atoms with van der Waals surface area (Å²) in [6, 6.07) is 11.1. The van der Waals surface area contributed by atoms with Gasteiger partial charge in [0.15, 0.2) is 11.5 Å². The number of pyridine rings is 1. The summed E-state index contributed by atoms with van der Waals surface area (Å²) in [5.41, 5.74) is 9.40. The molecule has 4 aliphatic carbocycles. The van der Waals surface area contributed by atoms with Gasteiger partial charge in [0.25, 0.3) is 5.91 Å². The van der Waals surface area contributed by atoms with Crippen LogP contribution in [0.2, 0.25) is 10.0 Å². The molecular weight excluding hydrogens is 445 g/mol. The highest BCUT2D eigenvalue weighted by molar-refractivity contribution is 6.32. The predicted octanol–water partition coefficient (Wildman–Crippen LogP) is 5.72. The zero-order valence-corrected chi connectivity index (χ0v) is 18.9. The lowest BCUT2D eigenvalue weighted by molar-refractivity contribution is 0.0953. The van der Waals surface area contributed by atoms with Gasteiger partial charge in [0.1, 0.15) is 0 Å². The van der Waals surface area contributed by atoms with Crippen LogP contribution in [0.15, 0.2) is 42.6 Å². The second-order valence-corrected chi connectivity index (χ2v) is 10.1. The van der Waals surface area contributed by atoms with E-state index in [-0.39, 0.29) is 5.91 Å². The molecule has 2 heterocycles. The molecule has 0 saturated heterocycles. The van der Waals surface area contributed by atoms with Crippen LogP contribution in [0, 0.1) is 11.8 Å². The number of aromatic nitrogens is 3. The van der Waals surface area contributed by atoms with E-state index in [1.165, 1.54) is 25.0 Å². The van der Waals surface area contributed by atoms with Crippen molar-refractivity contribution in [3.8, 4) is 5.69 Å². The zero-order chi connectivity index (χ0) is 21.8. The molecule has 2 aromatic heterocycles. The highest BCUT2D eigenvalue weighted by Crippen LogP contribution is 2.57. The van der Waals surface area contributed by atoms with Gasteiger partial charge in [0.05, 0.1) is 16.4 Å². The molecule has 7 rings (SSSR count). The van der Waals surface area contributed by atoms with Crippen molar-refractivity contribution in [1.82, 2.24) is 20.2 Å². The number of nitrogens with zero attached hydrogens (tertiary/aromatic N) is 3. The molecule has 2 saturated carbocycles. The molecule has 0 spiro atoms.